The van der Waals surface area contributed by atoms with Gasteiger partial charge >= 0.3 is 0 Å². The smallest absolute Gasteiger partial charge is 0.274 e. The number of hydrogen-bond donors (Lipinski definition) is 1. The first-order valence-corrected chi connectivity index (χ1v) is 4.70. The molecule has 0 saturated heterocycles. The van der Waals surface area contributed by atoms with Gasteiger partial charge in [0.2, 0.25) is 0 Å². The molecule has 0 bridgehead atoms. The third kappa shape index (κ3) is 2.02. The number of carbonyl (C=O) groups is 1. The highest BCUT2D eigenvalue weighted by atomic mass is 16.2. The van der Waals surface area contributed by atoms with Gasteiger partial charge in [-0.25, -0.2) is 4.98 Å². The van der Waals surface area contributed by atoms with Crippen molar-refractivity contribution in [1.29, 1.82) is 0 Å². The number of nitrogens with two attached hydrogens (primary N) is 1. The van der Waals surface area contributed by atoms with Gasteiger partial charge in [0.1, 0.15) is 0 Å². The maximum absolute atomic E-state index is 11.8. The second-order valence-electron chi connectivity index (χ2n) is 2.92. The lowest BCUT2D eigenvalue weighted by Gasteiger charge is -2.18. The van der Waals surface area contributed by atoms with E-state index in [1.54, 1.807) is 23.2 Å². The zero-order valence-electron chi connectivity index (χ0n) is 8.53. The number of nitrogens with zero attached hydrogens (tertiary/aromatic N) is 2. The molecular weight excluding hydrogens is 178 g/mol. The fraction of sp³-hybridized carbons (Fsp3) is 0.400. The van der Waals surface area contributed by atoms with Gasteiger partial charge in [0.25, 0.3) is 5.91 Å². The Kier molecular flexibility index (Phi) is 3.45. The van der Waals surface area contributed by atoms with Gasteiger partial charge in [-0.2, -0.15) is 0 Å². The highest BCUT2D eigenvalue weighted by Crippen LogP contribution is 2.09. The maximum Gasteiger partial charge on any atom is 0.274 e. The summed E-state index contributed by atoms with van der Waals surface area (Å²) < 4.78 is 0. The van der Waals surface area contributed by atoms with E-state index in [-0.39, 0.29) is 5.91 Å². The van der Waals surface area contributed by atoms with Crippen LogP contribution in [0.1, 0.15) is 24.3 Å². The van der Waals surface area contributed by atoms with E-state index in [1.807, 2.05) is 13.8 Å². The Hall–Kier alpha value is -1.58. The number of anilines is 1. The zero-order chi connectivity index (χ0) is 10.6. The standard InChI is InChI=1S/C10H15N3O/c1-3-13(4-2)10(14)9-8(11)6-5-7-12-9/h5-7H,3-4,11H2,1-2H3. The van der Waals surface area contributed by atoms with Crippen molar-refractivity contribution in [3.63, 3.8) is 0 Å². The number of amides is 1. The molecule has 4 heteroatoms. The van der Waals surface area contributed by atoms with E-state index in [4.69, 9.17) is 5.73 Å². The third-order valence-electron chi connectivity index (χ3n) is 2.09. The molecule has 14 heavy (non-hydrogen) atoms. The molecule has 0 radical (unpaired) electrons. The van der Waals surface area contributed by atoms with Crippen molar-refractivity contribution < 1.29 is 4.79 Å². The van der Waals surface area contributed by atoms with E-state index in [9.17, 15) is 4.79 Å². The Bertz CT molecular complexity index is 321. The van der Waals surface area contributed by atoms with Crippen LogP contribution in [0.4, 0.5) is 5.69 Å². The van der Waals surface area contributed by atoms with Gasteiger partial charge in [0, 0.05) is 19.3 Å². The van der Waals surface area contributed by atoms with Crippen molar-refractivity contribution in [3.05, 3.63) is 24.0 Å². The molecule has 0 spiro atoms. The lowest BCUT2D eigenvalue weighted by Crippen LogP contribution is -2.31. The number of hydrogen-bond acceptors (Lipinski definition) is 3. The van der Waals surface area contributed by atoms with Crippen LogP contribution in [0, 0.1) is 0 Å². The summed E-state index contributed by atoms with van der Waals surface area (Å²) in [6.07, 6.45) is 1.58. The number of aromatic nitrogens is 1. The van der Waals surface area contributed by atoms with Crippen LogP contribution in [0.15, 0.2) is 18.3 Å². The van der Waals surface area contributed by atoms with Gasteiger partial charge in [-0.15, -0.1) is 0 Å². The van der Waals surface area contributed by atoms with Gasteiger partial charge in [-0.05, 0) is 26.0 Å². The quantitative estimate of drug-likeness (QED) is 0.783. The molecule has 1 aromatic rings. The molecule has 0 aliphatic heterocycles. The van der Waals surface area contributed by atoms with Gasteiger partial charge in [-0.1, -0.05) is 0 Å². The topological polar surface area (TPSA) is 59.2 Å². The van der Waals surface area contributed by atoms with Gasteiger partial charge in [0.15, 0.2) is 5.69 Å². The molecule has 0 aliphatic rings. The zero-order valence-corrected chi connectivity index (χ0v) is 8.53. The second kappa shape index (κ2) is 4.60. The van der Waals surface area contributed by atoms with Crippen LogP contribution in [0.3, 0.4) is 0 Å². The summed E-state index contributed by atoms with van der Waals surface area (Å²) in [7, 11) is 0. The molecule has 1 amide bonds. The van der Waals surface area contributed by atoms with Gasteiger partial charge < -0.3 is 10.6 Å². The lowest BCUT2D eigenvalue weighted by atomic mass is 10.2. The molecule has 0 fully saturated rings. The minimum atomic E-state index is -0.104. The molecule has 0 aliphatic carbocycles. The van der Waals surface area contributed by atoms with Crippen molar-refractivity contribution >= 4 is 11.6 Å². The summed E-state index contributed by atoms with van der Waals surface area (Å²) in [6, 6.07) is 3.40. The van der Waals surface area contributed by atoms with Crippen molar-refractivity contribution in [3.8, 4) is 0 Å². The van der Waals surface area contributed by atoms with Crippen LogP contribution in [0.5, 0.6) is 0 Å². The minimum absolute atomic E-state index is 0.104. The fourth-order valence-corrected chi connectivity index (χ4v) is 1.26. The van der Waals surface area contributed by atoms with Crippen LogP contribution in [0.2, 0.25) is 0 Å². The predicted molar refractivity (Wildman–Crippen MR) is 55.9 cm³/mol. The van der Waals surface area contributed by atoms with Crippen molar-refractivity contribution in [1.82, 2.24) is 9.88 Å². The van der Waals surface area contributed by atoms with E-state index in [1.165, 1.54) is 0 Å². The first-order valence-electron chi connectivity index (χ1n) is 4.70. The van der Waals surface area contributed by atoms with E-state index in [2.05, 4.69) is 4.98 Å². The summed E-state index contributed by atoms with van der Waals surface area (Å²) in [5.41, 5.74) is 6.44. The van der Waals surface area contributed by atoms with Crippen molar-refractivity contribution in [2.75, 3.05) is 18.8 Å². The molecular formula is C10H15N3O. The van der Waals surface area contributed by atoms with Crippen LogP contribution in [-0.2, 0) is 0 Å². The van der Waals surface area contributed by atoms with Crippen LogP contribution in [-0.4, -0.2) is 28.9 Å². The highest BCUT2D eigenvalue weighted by molar-refractivity contribution is 5.96. The molecule has 0 atom stereocenters. The molecule has 76 valence electrons. The Morgan fingerprint density at radius 2 is 2.14 bits per heavy atom. The minimum Gasteiger partial charge on any atom is -0.397 e. The normalized spacial score (nSPS) is 9.86. The first-order chi connectivity index (χ1) is 6.70. The Morgan fingerprint density at radius 3 is 2.64 bits per heavy atom. The Morgan fingerprint density at radius 1 is 1.50 bits per heavy atom. The van der Waals surface area contributed by atoms with Crippen LogP contribution in [0.25, 0.3) is 0 Å². The van der Waals surface area contributed by atoms with Crippen molar-refractivity contribution in [2.24, 2.45) is 0 Å². The van der Waals surface area contributed by atoms with E-state index in [0.717, 1.165) is 0 Å². The van der Waals surface area contributed by atoms with Gasteiger partial charge in [-0.3, -0.25) is 4.79 Å². The lowest BCUT2D eigenvalue weighted by molar-refractivity contribution is 0.0768. The Labute approximate surface area is 83.7 Å². The third-order valence-corrected chi connectivity index (χ3v) is 2.09. The Balaban J connectivity index is 2.94. The average molecular weight is 193 g/mol. The molecule has 0 aromatic carbocycles. The van der Waals surface area contributed by atoms with Crippen LogP contribution >= 0.6 is 0 Å². The molecule has 1 heterocycles. The summed E-state index contributed by atoms with van der Waals surface area (Å²) in [6.45, 7) is 5.21. The SMILES string of the molecule is CCN(CC)C(=O)c1ncccc1N. The second-order valence-corrected chi connectivity index (χ2v) is 2.92. The molecule has 0 unspecified atom stereocenters. The number of nitrogen functional groups attached to an aromatic ring is 1. The molecule has 1 rings (SSSR count). The fourth-order valence-electron chi connectivity index (χ4n) is 1.26. The van der Waals surface area contributed by atoms with E-state index in [0.29, 0.717) is 24.5 Å². The summed E-state index contributed by atoms with van der Waals surface area (Å²) in [5.74, 6) is -0.104. The summed E-state index contributed by atoms with van der Waals surface area (Å²) >= 11 is 0. The van der Waals surface area contributed by atoms with E-state index >= 15 is 0 Å². The molecule has 2 N–H and O–H groups in total. The summed E-state index contributed by atoms with van der Waals surface area (Å²) in [5, 5.41) is 0. The maximum atomic E-state index is 11.8. The largest absolute Gasteiger partial charge is 0.397 e. The summed E-state index contributed by atoms with van der Waals surface area (Å²) in [4.78, 5) is 17.5. The molecule has 1 aromatic heterocycles. The van der Waals surface area contributed by atoms with Crippen LogP contribution < -0.4 is 5.73 Å². The van der Waals surface area contributed by atoms with E-state index < -0.39 is 0 Å². The monoisotopic (exact) mass is 193 g/mol. The highest BCUT2D eigenvalue weighted by Gasteiger charge is 2.15. The average Bonchev–Trinajstić information content (AvgIpc) is 2.20. The number of pyridine rings is 1. The van der Waals surface area contributed by atoms with Crippen molar-refractivity contribution in [2.45, 2.75) is 13.8 Å². The molecule has 0 saturated carbocycles. The first kappa shape index (κ1) is 10.5. The van der Waals surface area contributed by atoms with Gasteiger partial charge in [0.05, 0.1) is 5.69 Å². The molecule has 4 nitrogen and oxygen atoms in total. The predicted octanol–water partition coefficient (Wildman–Crippen LogP) is 1.15. The number of rotatable bonds is 3. The number of carbonyl (C=O) groups excluding carboxylic acids is 1.